The van der Waals surface area contributed by atoms with Gasteiger partial charge in [0.15, 0.2) is 0 Å². The highest BCUT2D eigenvalue weighted by Gasteiger charge is 2.41. The zero-order chi connectivity index (χ0) is 16.7. The number of aryl methyl sites for hydroxylation is 1. The molecule has 0 N–H and O–H groups in total. The molecule has 1 aromatic heterocycles. The van der Waals surface area contributed by atoms with Crippen molar-refractivity contribution in [3.05, 3.63) is 59.3 Å². The van der Waals surface area contributed by atoms with Gasteiger partial charge in [-0.2, -0.15) is 0 Å². The third-order valence-corrected chi connectivity index (χ3v) is 5.23. The molecule has 0 aliphatic carbocycles. The molecule has 2 unspecified atom stereocenters. The SMILES string of the molecule is Cc1occc1C(=O)N1CC2CN(Cc3cccc(F)c3)CC2C1. The topological polar surface area (TPSA) is 36.7 Å². The van der Waals surface area contributed by atoms with Crippen LogP contribution >= 0.6 is 0 Å². The Hall–Kier alpha value is -2.14. The van der Waals surface area contributed by atoms with Crippen LogP contribution in [0.25, 0.3) is 0 Å². The summed E-state index contributed by atoms with van der Waals surface area (Å²) in [5, 5.41) is 0. The van der Waals surface area contributed by atoms with Crippen molar-refractivity contribution in [2.75, 3.05) is 26.2 Å². The molecule has 2 saturated heterocycles. The van der Waals surface area contributed by atoms with E-state index < -0.39 is 0 Å². The number of halogens is 1. The van der Waals surface area contributed by atoms with E-state index in [0.29, 0.717) is 23.2 Å². The van der Waals surface area contributed by atoms with Crippen molar-refractivity contribution < 1.29 is 13.6 Å². The number of likely N-dealkylation sites (tertiary alicyclic amines) is 2. The number of hydrogen-bond donors (Lipinski definition) is 0. The second-order valence-corrected chi connectivity index (χ2v) is 6.94. The Kier molecular flexibility index (Phi) is 3.88. The molecule has 3 heterocycles. The van der Waals surface area contributed by atoms with Crippen LogP contribution in [-0.4, -0.2) is 41.9 Å². The van der Waals surface area contributed by atoms with Gasteiger partial charge in [0, 0.05) is 32.7 Å². The number of nitrogens with zero attached hydrogens (tertiary/aromatic N) is 2. The van der Waals surface area contributed by atoms with Crippen LogP contribution in [0.4, 0.5) is 4.39 Å². The van der Waals surface area contributed by atoms with Crippen LogP contribution in [0.2, 0.25) is 0 Å². The van der Waals surface area contributed by atoms with Crippen LogP contribution in [-0.2, 0) is 6.54 Å². The molecule has 0 spiro atoms. The van der Waals surface area contributed by atoms with E-state index in [2.05, 4.69) is 4.90 Å². The monoisotopic (exact) mass is 328 g/mol. The summed E-state index contributed by atoms with van der Waals surface area (Å²) in [7, 11) is 0. The molecule has 2 aromatic rings. The van der Waals surface area contributed by atoms with Crippen LogP contribution in [0.5, 0.6) is 0 Å². The van der Waals surface area contributed by atoms with E-state index >= 15 is 0 Å². The van der Waals surface area contributed by atoms with E-state index in [1.807, 2.05) is 17.9 Å². The smallest absolute Gasteiger partial charge is 0.257 e. The number of hydrogen-bond acceptors (Lipinski definition) is 3. The highest BCUT2D eigenvalue weighted by Crippen LogP contribution is 2.33. The van der Waals surface area contributed by atoms with Gasteiger partial charge >= 0.3 is 0 Å². The van der Waals surface area contributed by atoms with E-state index in [0.717, 1.165) is 38.3 Å². The van der Waals surface area contributed by atoms with Crippen molar-refractivity contribution in [1.29, 1.82) is 0 Å². The van der Waals surface area contributed by atoms with E-state index in [9.17, 15) is 9.18 Å². The number of furan rings is 1. The Bertz CT molecular complexity index is 743. The number of carbonyl (C=O) groups excluding carboxylic acids is 1. The van der Waals surface area contributed by atoms with Gasteiger partial charge in [-0.25, -0.2) is 4.39 Å². The third-order valence-electron chi connectivity index (χ3n) is 5.23. The number of rotatable bonds is 3. The zero-order valence-corrected chi connectivity index (χ0v) is 13.7. The zero-order valence-electron chi connectivity index (χ0n) is 13.7. The molecule has 0 saturated carbocycles. The first-order valence-corrected chi connectivity index (χ1v) is 8.40. The predicted molar refractivity (Wildman–Crippen MR) is 88.0 cm³/mol. The van der Waals surface area contributed by atoms with E-state index in [1.165, 1.54) is 6.07 Å². The summed E-state index contributed by atoms with van der Waals surface area (Å²) >= 11 is 0. The molecule has 0 radical (unpaired) electrons. The highest BCUT2D eigenvalue weighted by atomic mass is 19.1. The van der Waals surface area contributed by atoms with Crippen LogP contribution in [0.3, 0.4) is 0 Å². The average molecular weight is 328 g/mol. The van der Waals surface area contributed by atoms with Gasteiger partial charge in [-0.05, 0) is 42.5 Å². The summed E-state index contributed by atoms with van der Waals surface area (Å²) in [6, 6.07) is 8.56. The van der Waals surface area contributed by atoms with E-state index in [4.69, 9.17) is 4.42 Å². The Labute approximate surface area is 140 Å². The summed E-state index contributed by atoms with van der Waals surface area (Å²) in [5.74, 6) is 1.60. The van der Waals surface area contributed by atoms with E-state index in [1.54, 1.807) is 24.5 Å². The molecule has 126 valence electrons. The Balaban J connectivity index is 1.37. The largest absolute Gasteiger partial charge is 0.469 e. The molecular weight excluding hydrogens is 307 g/mol. The first-order valence-electron chi connectivity index (χ1n) is 8.40. The van der Waals surface area contributed by atoms with Crippen molar-refractivity contribution in [2.45, 2.75) is 13.5 Å². The molecule has 1 aromatic carbocycles. The number of carbonyl (C=O) groups is 1. The van der Waals surface area contributed by atoms with Crippen LogP contribution in [0, 0.1) is 24.6 Å². The molecule has 2 fully saturated rings. The van der Waals surface area contributed by atoms with Crippen molar-refractivity contribution in [3.8, 4) is 0 Å². The number of benzene rings is 1. The van der Waals surface area contributed by atoms with Crippen LogP contribution in [0.1, 0.15) is 21.7 Å². The molecule has 4 rings (SSSR count). The molecule has 2 aliphatic rings. The lowest BCUT2D eigenvalue weighted by atomic mass is 10.0. The maximum atomic E-state index is 13.3. The second kappa shape index (κ2) is 6.06. The van der Waals surface area contributed by atoms with Crippen LogP contribution in [0.15, 0.2) is 41.0 Å². The Morgan fingerprint density at radius 1 is 1.21 bits per heavy atom. The maximum absolute atomic E-state index is 13.3. The molecule has 0 bridgehead atoms. The first kappa shape index (κ1) is 15.4. The molecule has 24 heavy (non-hydrogen) atoms. The van der Waals surface area contributed by atoms with Gasteiger partial charge in [-0.3, -0.25) is 9.69 Å². The lowest BCUT2D eigenvalue weighted by molar-refractivity contribution is 0.0771. The fourth-order valence-corrected chi connectivity index (χ4v) is 4.06. The number of amides is 1. The number of fused-ring (bicyclic) bond motifs is 1. The normalized spacial score (nSPS) is 23.7. The lowest BCUT2D eigenvalue weighted by Crippen LogP contribution is -2.33. The standard InChI is InChI=1S/C19H21FN2O2/c1-13-18(5-6-24-13)19(23)22-11-15-9-21(10-16(15)12-22)8-14-3-2-4-17(20)7-14/h2-7,15-16H,8-12H2,1H3. The summed E-state index contributed by atoms with van der Waals surface area (Å²) in [6.07, 6.45) is 1.57. The third kappa shape index (κ3) is 2.84. The Morgan fingerprint density at radius 2 is 1.96 bits per heavy atom. The van der Waals surface area contributed by atoms with Gasteiger partial charge in [0.1, 0.15) is 11.6 Å². The van der Waals surface area contributed by atoms with Gasteiger partial charge in [0.05, 0.1) is 11.8 Å². The maximum Gasteiger partial charge on any atom is 0.257 e. The van der Waals surface area contributed by atoms with Gasteiger partial charge in [0.2, 0.25) is 0 Å². The van der Waals surface area contributed by atoms with Gasteiger partial charge in [-0.1, -0.05) is 12.1 Å². The van der Waals surface area contributed by atoms with E-state index in [-0.39, 0.29) is 11.7 Å². The summed E-state index contributed by atoms with van der Waals surface area (Å²) in [4.78, 5) is 16.9. The molecule has 4 nitrogen and oxygen atoms in total. The Morgan fingerprint density at radius 3 is 2.58 bits per heavy atom. The molecular formula is C19H21FN2O2. The molecule has 2 aliphatic heterocycles. The van der Waals surface area contributed by atoms with Crippen molar-refractivity contribution in [1.82, 2.24) is 9.80 Å². The first-order chi connectivity index (χ1) is 11.6. The van der Waals surface area contributed by atoms with Gasteiger partial charge in [0.25, 0.3) is 5.91 Å². The van der Waals surface area contributed by atoms with Crippen LogP contribution < -0.4 is 0 Å². The quantitative estimate of drug-likeness (QED) is 0.869. The van der Waals surface area contributed by atoms with Crippen molar-refractivity contribution in [2.24, 2.45) is 11.8 Å². The van der Waals surface area contributed by atoms with Crippen molar-refractivity contribution >= 4 is 5.91 Å². The minimum Gasteiger partial charge on any atom is -0.469 e. The molecule has 2 atom stereocenters. The predicted octanol–water partition coefficient (Wildman–Crippen LogP) is 2.93. The van der Waals surface area contributed by atoms with Gasteiger partial charge in [-0.15, -0.1) is 0 Å². The minimum atomic E-state index is -0.181. The molecule has 5 heteroatoms. The summed E-state index contributed by atoms with van der Waals surface area (Å²) < 4.78 is 18.6. The highest BCUT2D eigenvalue weighted by molar-refractivity contribution is 5.95. The molecule has 1 amide bonds. The second-order valence-electron chi connectivity index (χ2n) is 6.94. The van der Waals surface area contributed by atoms with Crippen molar-refractivity contribution in [3.63, 3.8) is 0 Å². The fourth-order valence-electron chi connectivity index (χ4n) is 4.06. The summed E-state index contributed by atoms with van der Waals surface area (Å²) in [6.45, 7) is 6.14. The fraction of sp³-hybridized carbons (Fsp3) is 0.421. The summed E-state index contributed by atoms with van der Waals surface area (Å²) in [5.41, 5.74) is 1.68. The lowest BCUT2D eigenvalue weighted by Gasteiger charge is -2.21. The van der Waals surface area contributed by atoms with Gasteiger partial charge < -0.3 is 9.32 Å². The minimum absolute atomic E-state index is 0.0762. The average Bonchev–Trinajstić information content (AvgIpc) is 3.21.